The largest absolute Gasteiger partial charge is 0.381 e. The van der Waals surface area contributed by atoms with Crippen molar-refractivity contribution in [3.05, 3.63) is 29.3 Å². The number of rotatable bonds is 5. The van der Waals surface area contributed by atoms with Gasteiger partial charge in [-0.3, -0.25) is 0 Å². The molecule has 1 aliphatic heterocycles. The first-order chi connectivity index (χ1) is 9.90. The highest BCUT2D eigenvalue weighted by atomic mass is 32.2. The molecule has 6 heteroatoms. The van der Waals surface area contributed by atoms with Gasteiger partial charge in [-0.2, -0.15) is 0 Å². The third kappa shape index (κ3) is 3.83. The van der Waals surface area contributed by atoms with Crippen LogP contribution in [-0.2, 0) is 27.7 Å². The van der Waals surface area contributed by atoms with Crippen LogP contribution in [0.2, 0.25) is 0 Å². The molecular formula is C15H24N2O3S. The lowest BCUT2D eigenvalue weighted by atomic mass is 9.94. The van der Waals surface area contributed by atoms with E-state index in [1.165, 1.54) is 0 Å². The number of benzene rings is 1. The molecule has 1 saturated heterocycles. The topological polar surface area (TPSA) is 81.4 Å². The predicted octanol–water partition coefficient (Wildman–Crippen LogP) is 1.56. The van der Waals surface area contributed by atoms with Crippen molar-refractivity contribution in [2.75, 3.05) is 13.2 Å². The summed E-state index contributed by atoms with van der Waals surface area (Å²) in [5, 5.41) is 0. The molecule has 0 bridgehead atoms. The molecule has 118 valence electrons. The van der Waals surface area contributed by atoms with E-state index in [-0.39, 0.29) is 4.90 Å². The summed E-state index contributed by atoms with van der Waals surface area (Å²) in [4.78, 5) is 0.285. The summed E-state index contributed by atoms with van der Waals surface area (Å²) < 4.78 is 33.3. The predicted molar refractivity (Wildman–Crippen MR) is 82.5 cm³/mol. The van der Waals surface area contributed by atoms with E-state index in [9.17, 15) is 8.42 Å². The molecule has 1 aliphatic rings. The third-order valence-corrected chi connectivity index (χ3v) is 5.70. The molecule has 1 fully saturated rings. The standard InChI is InChI=1S/C15H24N2O3S/c1-3-12-4-5-14(10-13(12)11-16)21(18,19)17-15(2)6-8-20-9-7-15/h4-5,10,17H,3,6-9,11,16H2,1-2H3. The third-order valence-electron chi connectivity index (χ3n) is 4.07. The Morgan fingerprint density at radius 3 is 2.52 bits per heavy atom. The van der Waals surface area contributed by atoms with Crippen molar-refractivity contribution in [3.8, 4) is 0 Å². The lowest BCUT2D eigenvalue weighted by Gasteiger charge is -2.34. The van der Waals surface area contributed by atoms with Crippen LogP contribution >= 0.6 is 0 Å². The van der Waals surface area contributed by atoms with E-state index < -0.39 is 15.6 Å². The molecule has 0 atom stereocenters. The Hall–Kier alpha value is -0.950. The van der Waals surface area contributed by atoms with Gasteiger partial charge in [-0.25, -0.2) is 13.1 Å². The average molecular weight is 312 g/mol. The lowest BCUT2D eigenvalue weighted by Crippen LogP contribution is -2.49. The van der Waals surface area contributed by atoms with Crippen molar-refractivity contribution in [2.45, 2.75) is 50.1 Å². The Labute approximate surface area is 126 Å². The highest BCUT2D eigenvalue weighted by Crippen LogP contribution is 2.24. The lowest BCUT2D eigenvalue weighted by molar-refractivity contribution is 0.0537. The fraction of sp³-hybridized carbons (Fsp3) is 0.600. The Balaban J connectivity index is 2.27. The summed E-state index contributed by atoms with van der Waals surface area (Å²) >= 11 is 0. The molecule has 0 aromatic heterocycles. The first kappa shape index (κ1) is 16.4. The first-order valence-electron chi connectivity index (χ1n) is 7.34. The van der Waals surface area contributed by atoms with E-state index in [1.807, 2.05) is 19.9 Å². The van der Waals surface area contributed by atoms with E-state index in [1.54, 1.807) is 12.1 Å². The highest BCUT2D eigenvalue weighted by Gasteiger charge is 2.32. The second-order valence-electron chi connectivity index (χ2n) is 5.77. The fourth-order valence-corrected chi connectivity index (χ4v) is 4.13. The molecule has 0 spiro atoms. The van der Waals surface area contributed by atoms with E-state index in [0.29, 0.717) is 32.6 Å². The van der Waals surface area contributed by atoms with Gasteiger partial charge >= 0.3 is 0 Å². The SMILES string of the molecule is CCc1ccc(S(=O)(=O)NC2(C)CCOCC2)cc1CN. The molecule has 0 unspecified atom stereocenters. The zero-order valence-electron chi connectivity index (χ0n) is 12.7. The summed E-state index contributed by atoms with van der Waals surface area (Å²) in [6, 6.07) is 5.19. The van der Waals surface area contributed by atoms with Crippen LogP contribution in [0.3, 0.4) is 0 Å². The second-order valence-corrected chi connectivity index (χ2v) is 7.45. The van der Waals surface area contributed by atoms with Crippen LogP contribution in [0.5, 0.6) is 0 Å². The minimum Gasteiger partial charge on any atom is -0.381 e. The van der Waals surface area contributed by atoms with Crippen LogP contribution in [0.1, 0.15) is 37.8 Å². The van der Waals surface area contributed by atoms with Gasteiger partial charge in [0.05, 0.1) is 4.90 Å². The molecule has 2 rings (SSSR count). The monoisotopic (exact) mass is 312 g/mol. The van der Waals surface area contributed by atoms with Gasteiger partial charge in [0.15, 0.2) is 0 Å². The number of ether oxygens (including phenoxy) is 1. The summed E-state index contributed by atoms with van der Waals surface area (Å²) in [5.41, 5.74) is 7.25. The fourth-order valence-electron chi connectivity index (χ4n) is 2.61. The number of aryl methyl sites for hydroxylation is 1. The summed E-state index contributed by atoms with van der Waals surface area (Å²) in [7, 11) is -3.54. The van der Waals surface area contributed by atoms with Crippen LogP contribution in [0, 0.1) is 0 Å². The highest BCUT2D eigenvalue weighted by molar-refractivity contribution is 7.89. The quantitative estimate of drug-likeness (QED) is 0.864. The summed E-state index contributed by atoms with van der Waals surface area (Å²) in [6.07, 6.45) is 2.21. The maximum Gasteiger partial charge on any atom is 0.241 e. The van der Waals surface area contributed by atoms with Gasteiger partial charge in [0, 0.05) is 25.3 Å². The molecule has 0 amide bonds. The van der Waals surface area contributed by atoms with E-state index in [4.69, 9.17) is 10.5 Å². The number of sulfonamides is 1. The van der Waals surface area contributed by atoms with Crippen molar-refractivity contribution in [1.29, 1.82) is 0 Å². The molecule has 1 aromatic carbocycles. The minimum atomic E-state index is -3.54. The normalized spacial score (nSPS) is 18.6. The molecule has 0 saturated carbocycles. The molecule has 0 aliphatic carbocycles. The minimum absolute atomic E-state index is 0.285. The number of nitrogens with one attached hydrogen (secondary N) is 1. The Morgan fingerprint density at radius 1 is 1.29 bits per heavy atom. The number of hydrogen-bond donors (Lipinski definition) is 2. The Bertz CT molecular complexity index is 593. The van der Waals surface area contributed by atoms with Gasteiger partial charge in [-0.1, -0.05) is 13.0 Å². The number of hydrogen-bond acceptors (Lipinski definition) is 4. The van der Waals surface area contributed by atoms with Crippen LogP contribution in [0.15, 0.2) is 23.1 Å². The van der Waals surface area contributed by atoms with Gasteiger partial charge in [0.25, 0.3) is 0 Å². The average Bonchev–Trinajstić information content (AvgIpc) is 2.46. The molecule has 1 aromatic rings. The van der Waals surface area contributed by atoms with Gasteiger partial charge in [0.1, 0.15) is 0 Å². The second kappa shape index (κ2) is 6.44. The summed E-state index contributed by atoms with van der Waals surface area (Å²) in [6.45, 7) is 5.47. The summed E-state index contributed by atoms with van der Waals surface area (Å²) in [5.74, 6) is 0. The van der Waals surface area contributed by atoms with Crippen LogP contribution in [0.25, 0.3) is 0 Å². The van der Waals surface area contributed by atoms with Gasteiger partial charge in [-0.05, 0) is 49.4 Å². The van der Waals surface area contributed by atoms with Crippen molar-refractivity contribution in [1.82, 2.24) is 4.72 Å². The van der Waals surface area contributed by atoms with E-state index in [2.05, 4.69) is 4.72 Å². The van der Waals surface area contributed by atoms with Gasteiger partial charge < -0.3 is 10.5 Å². The molecule has 3 N–H and O–H groups in total. The van der Waals surface area contributed by atoms with Crippen molar-refractivity contribution in [2.24, 2.45) is 5.73 Å². The Kier molecular flexibility index (Phi) is 5.03. The van der Waals surface area contributed by atoms with Crippen molar-refractivity contribution >= 4 is 10.0 Å². The van der Waals surface area contributed by atoms with E-state index >= 15 is 0 Å². The maximum absolute atomic E-state index is 12.6. The zero-order chi connectivity index (χ0) is 15.5. The Morgan fingerprint density at radius 2 is 1.95 bits per heavy atom. The van der Waals surface area contributed by atoms with Crippen molar-refractivity contribution < 1.29 is 13.2 Å². The van der Waals surface area contributed by atoms with Crippen LogP contribution in [0.4, 0.5) is 0 Å². The van der Waals surface area contributed by atoms with Gasteiger partial charge in [0.2, 0.25) is 10.0 Å². The van der Waals surface area contributed by atoms with Crippen LogP contribution in [-0.4, -0.2) is 27.2 Å². The molecule has 5 nitrogen and oxygen atoms in total. The van der Waals surface area contributed by atoms with Gasteiger partial charge in [-0.15, -0.1) is 0 Å². The molecule has 21 heavy (non-hydrogen) atoms. The molecule has 1 heterocycles. The van der Waals surface area contributed by atoms with E-state index in [0.717, 1.165) is 17.5 Å². The van der Waals surface area contributed by atoms with Crippen LogP contribution < -0.4 is 10.5 Å². The first-order valence-corrected chi connectivity index (χ1v) is 8.82. The number of nitrogens with two attached hydrogens (primary N) is 1. The maximum atomic E-state index is 12.6. The van der Waals surface area contributed by atoms with Crippen molar-refractivity contribution in [3.63, 3.8) is 0 Å². The molecular weight excluding hydrogens is 288 g/mol. The zero-order valence-corrected chi connectivity index (χ0v) is 13.5. The molecule has 0 radical (unpaired) electrons. The smallest absolute Gasteiger partial charge is 0.241 e.